The molecule has 3 heterocycles. The van der Waals surface area contributed by atoms with Crippen LogP contribution in [0.1, 0.15) is 41.3 Å². The fraction of sp³-hybridized carbons (Fsp3) is 0.545. The van der Waals surface area contributed by atoms with Crippen molar-refractivity contribution in [3.8, 4) is 0 Å². The first-order valence-corrected chi connectivity index (χ1v) is 10.1. The van der Waals surface area contributed by atoms with Crippen molar-refractivity contribution in [1.82, 2.24) is 19.8 Å². The van der Waals surface area contributed by atoms with Crippen molar-refractivity contribution in [2.24, 2.45) is 5.92 Å². The molecule has 1 unspecified atom stereocenters. The summed E-state index contributed by atoms with van der Waals surface area (Å²) in [6.45, 7) is 13.2. The minimum Gasteiger partial charge on any atom is -0.379 e. The molecule has 1 fully saturated rings. The Bertz CT molecular complexity index is 779. The predicted molar refractivity (Wildman–Crippen MR) is 111 cm³/mol. The molecule has 1 saturated heterocycles. The van der Waals surface area contributed by atoms with Crippen LogP contribution < -0.4 is 5.32 Å². The van der Waals surface area contributed by atoms with Crippen LogP contribution in [0.2, 0.25) is 0 Å². The SMILES string of the molecule is Cc1cc(C(=O)NCC(C(C)C)N2CCOCC2)c(C)n1Cc1ccccn1. The Morgan fingerprint density at radius 1 is 1.25 bits per heavy atom. The Kier molecular flexibility index (Phi) is 6.86. The lowest BCUT2D eigenvalue weighted by atomic mass is 10.0. The number of hydrogen-bond donors (Lipinski definition) is 1. The minimum atomic E-state index is -0.000666. The van der Waals surface area contributed by atoms with Crippen LogP contribution >= 0.6 is 0 Å². The number of nitrogens with zero attached hydrogens (tertiary/aromatic N) is 3. The molecule has 1 amide bonds. The molecular weight excluding hydrogens is 352 g/mol. The number of morpholine rings is 1. The van der Waals surface area contributed by atoms with Gasteiger partial charge < -0.3 is 14.6 Å². The second-order valence-corrected chi connectivity index (χ2v) is 7.86. The fourth-order valence-electron chi connectivity index (χ4n) is 3.92. The Hall–Kier alpha value is -2.18. The quantitative estimate of drug-likeness (QED) is 0.797. The third kappa shape index (κ3) is 4.80. The van der Waals surface area contributed by atoms with Crippen molar-refractivity contribution in [1.29, 1.82) is 0 Å². The molecule has 2 aromatic heterocycles. The summed E-state index contributed by atoms with van der Waals surface area (Å²) in [4.78, 5) is 19.7. The van der Waals surface area contributed by atoms with E-state index in [4.69, 9.17) is 4.74 Å². The number of aryl methyl sites for hydroxylation is 1. The molecular formula is C22H32N4O2. The van der Waals surface area contributed by atoms with Crippen molar-refractivity contribution in [2.75, 3.05) is 32.8 Å². The Morgan fingerprint density at radius 2 is 2.00 bits per heavy atom. The third-order valence-corrected chi connectivity index (χ3v) is 5.62. The molecule has 0 radical (unpaired) electrons. The van der Waals surface area contributed by atoms with E-state index in [2.05, 4.69) is 33.6 Å². The zero-order valence-electron chi connectivity index (χ0n) is 17.4. The number of carbonyl (C=O) groups is 1. The van der Waals surface area contributed by atoms with E-state index in [1.54, 1.807) is 6.20 Å². The normalized spacial score (nSPS) is 16.3. The summed E-state index contributed by atoms with van der Waals surface area (Å²) in [6.07, 6.45) is 1.80. The van der Waals surface area contributed by atoms with Crippen molar-refractivity contribution >= 4 is 5.91 Å². The highest BCUT2D eigenvalue weighted by atomic mass is 16.5. The predicted octanol–water partition coefficient (Wildman–Crippen LogP) is 2.63. The second kappa shape index (κ2) is 9.34. The molecule has 1 N–H and O–H groups in total. The fourth-order valence-corrected chi connectivity index (χ4v) is 3.92. The van der Waals surface area contributed by atoms with Crippen LogP contribution in [0.3, 0.4) is 0 Å². The topological polar surface area (TPSA) is 59.4 Å². The van der Waals surface area contributed by atoms with Gasteiger partial charge in [-0.3, -0.25) is 14.7 Å². The monoisotopic (exact) mass is 384 g/mol. The molecule has 1 aliphatic rings. The van der Waals surface area contributed by atoms with Crippen molar-refractivity contribution in [2.45, 2.75) is 40.3 Å². The number of hydrogen-bond acceptors (Lipinski definition) is 4. The molecule has 0 aliphatic carbocycles. The number of pyridine rings is 1. The van der Waals surface area contributed by atoms with Crippen LogP contribution in [0.5, 0.6) is 0 Å². The molecule has 0 saturated carbocycles. The zero-order chi connectivity index (χ0) is 20.1. The van der Waals surface area contributed by atoms with Crippen molar-refractivity contribution in [3.63, 3.8) is 0 Å². The van der Waals surface area contributed by atoms with Crippen molar-refractivity contribution in [3.05, 3.63) is 53.1 Å². The average molecular weight is 385 g/mol. The molecule has 0 spiro atoms. The van der Waals surface area contributed by atoms with Gasteiger partial charge in [-0.05, 0) is 38.0 Å². The Balaban J connectivity index is 1.67. The molecule has 0 aromatic carbocycles. The van der Waals surface area contributed by atoms with E-state index < -0.39 is 0 Å². The first kappa shape index (κ1) is 20.6. The Morgan fingerprint density at radius 3 is 2.64 bits per heavy atom. The number of nitrogens with one attached hydrogen (secondary N) is 1. The van der Waals surface area contributed by atoms with Crippen LogP contribution in [-0.4, -0.2) is 59.2 Å². The molecule has 0 bridgehead atoms. The smallest absolute Gasteiger partial charge is 0.253 e. The lowest BCUT2D eigenvalue weighted by Gasteiger charge is -2.36. The van der Waals surface area contributed by atoms with Crippen LogP contribution in [-0.2, 0) is 11.3 Å². The van der Waals surface area contributed by atoms with Gasteiger partial charge in [0.15, 0.2) is 0 Å². The van der Waals surface area contributed by atoms with Gasteiger partial charge in [-0.2, -0.15) is 0 Å². The van der Waals surface area contributed by atoms with Gasteiger partial charge in [0.25, 0.3) is 5.91 Å². The lowest BCUT2D eigenvalue weighted by Crippen LogP contribution is -2.51. The van der Waals surface area contributed by atoms with Gasteiger partial charge in [0.1, 0.15) is 0 Å². The van der Waals surface area contributed by atoms with E-state index in [9.17, 15) is 4.79 Å². The number of carbonyl (C=O) groups excluding carboxylic acids is 1. The summed E-state index contributed by atoms with van der Waals surface area (Å²) in [6, 6.07) is 8.21. The van der Waals surface area contributed by atoms with E-state index >= 15 is 0 Å². The van der Waals surface area contributed by atoms with Crippen molar-refractivity contribution < 1.29 is 9.53 Å². The van der Waals surface area contributed by atoms with Gasteiger partial charge in [-0.15, -0.1) is 0 Å². The highest BCUT2D eigenvalue weighted by Crippen LogP contribution is 2.17. The maximum Gasteiger partial charge on any atom is 0.253 e. The van der Waals surface area contributed by atoms with Crippen LogP contribution in [0.25, 0.3) is 0 Å². The lowest BCUT2D eigenvalue weighted by molar-refractivity contribution is 0.00672. The van der Waals surface area contributed by atoms with E-state index in [1.807, 2.05) is 38.1 Å². The van der Waals surface area contributed by atoms with E-state index in [1.165, 1.54) is 0 Å². The summed E-state index contributed by atoms with van der Waals surface area (Å²) in [7, 11) is 0. The maximum absolute atomic E-state index is 12.9. The summed E-state index contributed by atoms with van der Waals surface area (Å²) in [5, 5.41) is 3.17. The molecule has 152 valence electrons. The standard InChI is InChI=1S/C22H32N4O2/c1-16(2)21(25-9-11-28-12-10-25)14-24-22(27)20-13-17(3)26(18(20)4)15-19-7-5-6-8-23-19/h5-8,13,16,21H,9-12,14-15H2,1-4H3,(H,24,27). The largest absolute Gasteiger partial charge is 0.379 e. The average Bonchev–Trinajstić information content (AvgIpc) is 2.98. The van der Waals surface area contributed by atoms with Gasteiger partial charge in [0.2, 0.25) is 0 Å². The van der Waals surface area contributed by atoms with Gasteiger partial charge in [-0.1, -0.05) is 19.9 Å². The highest BCUT2D eigenvalue weighted by molar-refractivity contribution is 5.95. The second-order valence-electron chi connectivity index (χ2n) is 7.86. The van der Waals surface area contributed by atoms with Gasteiger partial charge in [0, 0.05) is 43.3 Å². The first-order chi connectivity index (χ1) is 13.5. The Labute approximate surface area is 167 Å². The summed E-state index contributed by atoms with van der Waals surface area (Å²) in [5.74, 6) is 0.467. The molecule has 6 heteroatoms. The number of aromatic nitrogens is 2. The van der Waals surface area contributed by atoms with Crippen LogP contribution in [0.4, 0.5) is 0 Å². The maximum atomic E-state index is 12.9. The van der Waals surface area contributed by atoms with Gasteiger partial charge in [0.05, 0.1) is 31.0 Å². The van der Waals surface area contributed by atoms with Crippen LogP contribution in [0, 0.1) is 19.8 Å². The van der Waals surface area contributed by atoms with Gasteiger partial charge >= 0.3 is 0 Å². The third-order valence-electron chi connectivity index (χ3n) is 5.62. The number of rotatable bonds is 7. The molecule has 1 aliphatic heterocycles. The summed E-state index contributed by atoms with van der Waals surface area (Å²) < 4.78 is 7.62. The molecule has 2 aromatic rings. The molecule has 1 atom stereocenters. The molecule has 3 rings (SSSR count). The highest BCUT2D eigenvalue weighted by Gasteiger charge is 2.25. The van der Waals surface area contributed by atoms with Crippen LogP contribution in [0.15, 0.2) is 30.5 Å². The number of ether oxygens (including phenoxy) is 1. The summed E-state index contributed by atoms with van der Waals surface area (Å²) in [5.41, 5.74) is 3.79. The van der Waals surface area contributed by atoms with Gasteiger partial charge in [-0.25, -0.2) is 0 Å². The zero-order valence-corrected chi connectivity index (χ0v) is 17.4. The van der Waals surface area contributed by atoms with E-state index in [-0.39, 0.29) is 5.91 Å². The molecule has 28 heavy (non-hydrogen) atoms. The minimum absolute atomic E-state index is 0.000666. The summed E-state index contributed by atoms with van der Waals surface area (Å²) >= 11 is 0. The van der Waals surface area contributed by atoms with E-state index in [0.29, 0.717) is 25.0 Å². The molecule has 6 nitrogen and oxygen atoms in total. The first-order valence-electron chi connectivity index (χ1n) is 10.1. The number of amides is 1. The van der Waals surface area contributed by atoms with E-state index in [0.717, 1.165) is 48.9 Å².